The molecule has 0 aliphatic heterocycles. The number of carbonyl (C=O) groups excluding carboxylic acids is 1. The molecule has 21 heavy (non-hydrogen) atoms. The van der Waals surface area contributed by atoms with Crippen LogP contribution in [0, 0.1) is 0 Å². The minimum Gasteiger partial charge on any atom is -0.366 e. The van der Waals surface area contributed by atoms with E-state index < -0.39 is 15.9 Å². The molecule has 0 bridgehead atoms. The number of nitrogens with one attached hydrogen (secondary N) is 1. The number of anilines is 1. The van der Waals surface area contributed by atoms with E-state index in [4.69, 9.17) is 28.9 Å². The molecule has 0 atom stereocenters. The lowest BCUT2D eigenvalue weighted by Crippen LogP contribution is -2.15. The summed E-state index contributed by atoms with van der Waals surface area (Å²) in [6.07, 6.45) is 0. The third-order valence-electron chi connectivity index (χ3n) is 2.61. The fourth-order valence-electron chi connectivity index (χ4n) is 1.65. The molecular weight excluding hydrogens is 335 g/mol. The summed E-state index contributed by atoms with van der Waals surface area (Å²) in [5.41, 5.74) is 5.64. The van der Waals surface area contributed by atoms with Crippen LogP contribution < -0.4 is 10.5 Å². The highest BCUT2D eigenvalue weighted by Gasteiger charge is 2.21. The Morgan fingerprint density at radius 1 is 1.00 bits per heavy atom. The maximum atomic E-state index is 12.3. The molecule has 0 fully saturated rings. The Hall–Kier alpha value is -1.76. The van der Waals surface area contributed by atoms with Gasteiger partial charge in [0, 0.05) is 11.3 Å². The summed E-state index contributed by atoms with van der Waals surface area (Å²) in [7, 11) is -3.94. The highest BCUT2D eigenvalue weighted by atomic mass is 35.5. The summed E-state index contributed by atoms with van der Waals surface area (Å²) in [4.78, 5) is 10.8. The molecule has 0 aliphatic rings. The first-order valence-electron chi connectivity index (χ1n) is 5.68. The lowest BCUT2D eigenvalue weighted by atomic mass is 10.2. The van der Waals surface area contributed by atoms with Crippen LogP contribution in [0.2, 0.25) is 10.0 Å². The molecule has 0 saturated heterocycles. The summed E-state index contributed by atoms with van der Waals surface area (Å²) in [6.45, 7) is 0. The zero-order valence-electron chi connectivity index (χ0n) is 10.5. The molecule has 110 valence electrons. The zero-order valence-corrected chi connectivity index (χ0v) is 12.8. The maximum absolute atomic E-state index is 12.3. The molecule has 0 aliphatic carbocycles. The highest BCUT2D eigenvalue weighted by molar-refractivity contribution is 7.93. The van der Waals surface area contributed by atoms with Crippen LogP contribution in [0.1, 0.15) is 10.4 Å². The third-order valence-corrected chi connectivity index (χ3v) is 4.95. The lowest BCUT2D eigenvalue weighted by Gasteiger charge is -2.11. The second-order valence-electron chi connectivity index (χ2n) is 4.10. The molecule has 8 heteroatoms. The Morgan fingerprint density at radius 3 is 2.00 bits per heavy atom. The number of benzene rings is 2. The van der Waals surface area contributed by atoms with Crippen molar-refractivity contribution in [3.8, 4) is 0 Å². The third kappa shape index (κ3) is 3.47. The van der Waals surface area contributed by atoms with Crippen molar-refractivity contribution in [2.45, 2.75) is 4.90 Å². The highest BCUT2D eigenvalue weighted by Crippen LogP contribution is 2.30. The van der Waals surface area contributed by atoms with Gasteiger partial charge in [-0.25, -0.2) is 8.42 Å². The number of hydrogen-bond donors (Lipinski definition) is 2. The fraction of sp³-hybridized carbons (Fsp3) is 0. The molecule has 0 unspecified atom stereocenters. The van der Waals surface area contributed by atoms with Gasteiger partial charge in [0.2, 0.25) is 5.91 Å². The van der Waals surface area contributed by atoms with Gasteiger partial charge in [0.15, 0.2) is 0 Å². The number of carbonyl (C=O) groups is 1. The Kier molecular flexibility index (Phi) is 4.41. The van der Waals surface area contributed by atoms with Gasteiger partial charge in [0.1, 0.15) is 4.90 Å². The number of halogens is 2. The topological polar surface area (TPSA) is 89.3 Å². The minimum absolute atomic E-state index is 0.0174. The van der Waals surface area contributed by atoms with Crippen molar-refractivity contribution in [2.75, 3.05) is 4.72 Å². The molecule has 0 saturated carbocycles. The van der Waals surface area contributed by atoms with Crippen LogP contribution in [-0.4, -0.2) is 14.3 Å². The van der Waals surface area contributed by atoms with E-state index in [1.807, 2.05) is 0 Å². The maximum Gasteiger partial charge on any atom is 0.264 e. The zero-order chi connectivity index (χ0) is 15.6. The normalized spacial score (nSPS) is 11.1. The van der Waals surface area contributed by atoms with Gasteiger partial charge in [0.25, 0.3) is 10.0 Å². The average molecular weight is 345 g/mol. The fourth-order valence-corrected chi connectivity index (χ4v) is 3.85. The quantitative estimate of drug-likeness (QED) is 0.893. The van der Waals surface area contributed by atoms with Gasteiger partial charge in [-0.1, -0.05) is 29.3 Å². The van der Waals surface area contributed by atoms with Crippen molar-refractivity contribution in [1.82, 2.24) is 0 Å². The molecule has 2 rings (SSSR count). The van der Waals surface area contributed by atoms with Crippen LogP contribution >= 0.6 is 23.2 Å². The molecule has 0 spiro atoms. The Morgan fingerprint density at radius 2 is 1.52 bits per heavy atom. The number of hydrogen-bond acceptors (Lipinski definition) is 3. The SMILES string of the molecule is NC(=O)c1ccc(NS(=O)(=O)c2c(Cl)cccc2Cl)cc1. The standard InChI is InChI=1S/C13H10Cl2N2O3S/c14-10-2-1-3-11(15)12(10)21(19,20)17-9-6-4-8(5-7-9)13(16)18/h1-7,17H,(H2,16,18). The first-order chi connectivity index (χ1) is 9.81. The van der Waals surface area contributed by atoms with E-state index in [0.717, 1.165) is 0 Å². The van der Waals surface area contributed by atoms with E-state index in [2.05, 4.69) is 4.72 Å². The molecule has 3 N–H and O–H groups in total. The van der Waals surface area contributed by atoms with E-state index in [-0.39, 0.29) is 26.2 Å². The second kappa shape index (κ2) is 5.93. The van der Waals surface area contributed by atoms with Gasteiger partial charge < -0.3 is 5.73 Å². The van der Waals surface area contributed by atoms with Crippen molar-refractivity contribution in [1.29, 1.82) is 0 Å². The number of nitrogens with two attached hydrogens (primary N) is 1. The van der Waals surface area contributed by atoms with Crippen LogP contribution in [0.4, 0.5) is 5.69 Å². The Balaban J connectivity index is 2.35. The van der Waals surface area contributed by atoms with Crippen LogP contribution in [0.5, 0.6) is 0 Å². The monoisotopic (exact) mass is 344 g/mol. The second-order valence-corrected chi connectivity index (χ2v) is 6.53. The van der Waals surface area contributed by atoms with Gasteiger partial charge in [-0.3, -0.25) is 9.52 Å². The van der Waals surface area contributed by atoms with Crippen LogP contribution in [0.25, 0.3) is 0 Å². The van der Waals surface area contributed by atoms with E-state index >= 15 is 0 Å². The van der Waals surface area contributed by atoms with Crippen molar-refractivity contribution in [2.24, 2.45) is 5.73 Å². The van der Waals surface area contributed by atoms with Crippen LogP contribution in [-0.2, 0) is 10.0 Å². The summed E-state index contributed by atoms with van der Waals surface area (Å²) in [5, 5.41) is 0.0347. The molecule has 0 aromatic heterocycles. The average Bonchev–Trinajstić information content (AvgIpc) is 2.38. The predicted octanol–water partition coefficient (Wildman–Crippen LogP) is 2.89. The van der Waals surface area contributed by atoms with Crippen LogP contribution in [0.15, 0.2) is 47.4 Å². The first-order valence-corrected chi connectivity index (χ1v) is 7.92. The number of amides is 1. The van der Waals surface area contributed by atoms with E-state index in [1.54, 1.807) is 6.07 Å². The van der Waals surface area contributed by atoms with Crippen molar-refractivity contribution in [3.63, 3.8) is 0 Å². The molecular formula is C13H10Cl2N2O3S. The van der Waals surface area contributed by atoms with E-state index in [9.17, 15) is 13.2 Å². The van der Waals surface area contributed by atoms with Gasteiger partial charge in [0.05, 0.1) is 10.0 Å². The van der Waals surface area contributed by atoms with Crippen LogP contribution in [0.3, 0.4) is 0 Å². The first kappa shape index (κ1) is 15.6. The van der Waals surface area contributed by atoms with Gasteiger partial charge in [-0.2, -0.15) is 0 Å². The summed E-state index contributed by atoms with van der Waals surface area (Å²) in [5.74, 6) is -0.599. The summed E-state index contributed by atoms with van der Waals surface area (Å²) < 4.78 is 26.9. The Labute approximate surface area is 131 Å². The number of primary amides is 1. The molecule has 5 nitrogen and oxygen atoms in total. The smallest absolute Gasteiger partial charge is 0.264 e. The minimum atomic E-state index is -3.94. The van der Waals surface area contributed by atoms with E-state index in [1.165, 1.54) is 36.4 Å². The number of rotatable bonds is 4. The largest absolute Gasteiger partial charge is 0.366 e. The predicted molar refractivity (Wildman–Crippen MR) is 82.2 cm³/mol. The van der Waals surface area contributed by atoms with Gasteiger partial charge in [-0.15, -0.1) is 0 Å². The molecule has 0 radical (unpaired) electrons. The van der Waals surface area contributed by atoms with Gasteiger partial charge >= 0.3 is 0 Å². The lowest BCUT2D eigenvalue weighted by molar-refractivity contribution is 0.100. The summed E-state index contributed by atoms with van der Waals surface area (Å²) in [6, 6.07) is 10.1. The van der Waals surface area contributed by atoms with E-state index in [0.29, 0.717) is 0 Å². The van der Waals surface area contributed by atoms with Gasteiger partial charge in [-0.05, 0) is 36.4 Å². The Bertz CT molecular complexity index is 769. The van der Waals surface area contributed by atoms with Crippen molar-refractivity contribution >= 4 is 44.8 Å². The molecule has 1 amide bonds. The molecule has 2 aromatic rings. The molecule has 2 aromatic carbocycles. The van der Waals surface area contributed by atoms with Crippen molar-refractivity contribution in [3.05, 3.63) is 58.1 Å². The molecule has 0 heterocycles. The number of sulfonamides is 1. The summed E-state index contributed by atoms with van der Waals surface area (Å²) >= 11 is 11.8. The van der Waals surface area contributed by atoms with Crippen molar-refractivity contribution < 1.29 is 13.2 Å².